The maximum absolute atomic E-state index is 11.1. The van der Waals surface area contributed by atoms with Gasteiger partial charge >= 0.3 is 0 Å². The van der Waals surface area contributed by atoms with Crippen LogP contribution in [0.3, 0.4) is 0 Å². The van der Waals surface area contributed by atoms with Crippen LogP contribution in [0.15, 0.2) is 23.3 Å². The van der Waals surface area contributed by atoms with Crippen molar-refractivity contribution in [1.82, 2.24) is 20.2 Å². The van der Waals surface area contributed by atoms with E-state index in [0.29, 0.717) is 5.69 Å². The summed E-state index contributed by atoms with van der Waals surface area (Å²) in [4.78, 5) is 21.8. The van der Waals surface area contributed by atoms with Crippen LogP contribution in [-0.4, -0.2) is 20.2 Å². The van der Waals surface area contributed by atoms with E-state index in [-0.39, 0.29) is 10.8 Å². The van der Waals surface area contributed by atoms with E-state index in [1.807, 2.05) is 13.0 Å². The number of hydrogen-bond donors (Lipinski definition) is 3. The molecule has 0 saturated carbocycles. The summed E-state index contributed by atoms with van der Waals surface area (Å²) in [5, 5.41) is 6.02. The molecule has 1 atom stereocenters. The number of nitrogens with one attached hydrogen (secondary N) is 2. The molecular weight excluding hydrogens is 268 g/mol. The van der Waals surface area contributed by atoms with Crippen LogP contribution >= 0.6 is 24.0 Å². The molecule has 0 aliphatic carbocycles. The number of hydrogen-bond acceptors (Lipinski definition) is 5. The number of rotatable bonds is 2. The molecule has 0 aliphatic rings. The van der Waals surface area contributed by atoms with Crippen LogP contribution in [0.1, 0.15) is 21.5 Å². The molecule has 0 aliphatic heterocycles. The molecule has 3 aromatic rings. The lowest BCUT2D eigenvalue weighted by molar-refractivity contribution is 0.951. The van der Waals surface area contributed by atoms with Crippen LogP contribution in [0.2, 0.25) is 0 Å². The quantitative estimate of drug-likeness (QED) is 0.628. The average molecular weight is 278 g/mol. The van der Waals surface area contributed by atoms with Gasteiger partial charge < -0.3 is 5.10 Å². The highest BCUT2D eigenvalue weighted by Crippen LogP contribution is 2.32. The van der Waals surface area contributed by atoms with E-state index in [2.05, 4.69) is 32.8 Å². The molecule has 3 heterocycles. The van der Waals surface area contributed by atoms with Gasteiger partial charge in [0.15, 0.2) is 0 Å². The van der Waals surface area contributed by atoms with E-state index >= 15 is 0 Å². The molecular formula is C11H10N4OS2. The Labute approximate surface area is 112 Å². The molecule has 0 spiro atoms. The van der Waals surface area contributed by atoms with Crippen molar-refractivity contribution in [3.05, 3.63) is 45.1 Å². The average Bonchev–Trinajstić information content (AvgIpc) is 2.92. The summed E-state index contributed by atoms with van der Waals surface area (Å²) >= 11 is 6.15. The fourth-order valence-electron chi connectivity index (χ4n) is 1.85. The zero-order valence-electron chi connectivity index (χ0n) is 9.47. The molecule has 3 rings (SSSR count). The Hall–Kier alpha value is -1.60. The fourth-order valence-corrected chi connectivity index (χ4v) is 3.05. The minimum atomic E-state index is -0.275. The second-order valence-corrected chi connectivity index (χ2v) is 5.70. The predicted octanol–water partition coefficient (Wildman–Crippen LogP) is 2.04. The highest BCUT2D eigenvalue weighted by molar-refractivity contribution is 7.80. The lowest BCUT2D eigenvalue weighted by Crippen LogP contribution is -1.98. The fraction of sp³-hybridized carbons (Fsp3) is 0.182. The van der Waals surface area contributed by atoms with Crippen LogP contribution < -0.4 is 5.56 Å². The first-order chi connectivity index (χ1) is 8.65. The minimum Gasteiger partial charge on any atom is -0.301 e. The SMILES string of the molecule is Cc1cc2c(C(S)c3cc(=O)[nH][nH]3)ncnc2s1. The van der Waals surface area contributed by atoms with Crippen molar-refractivity contribution in [2.75, 3.05) is 0 Å². The molecule has 0 saturated heterocycles. The highest BCUT2D eigenvalue weighted by atomic mass is 32.1. The Balaban J connectivity index is 2.16. The van der Waals surface area contributed by atoms with Gasteiger partial charge in [0, 0.05) is 16.3 Å². The number of aryl methyl sites for hydroxylation is 1. The summed E-state index contributed by atoms with van der Waals surface area (Å²) in [5.74, 6) is 0. The summed E-state index contributed by atoms with van der Waals surface area (Å²) in [6, 6.07) is 3.54. The van der Waals surface area contributed by atoms with Gasteiger partial charge in [0.25, 0.3) is 5.56 Å². The Kier molecular flexibility index (Phi) is 2.71. The van der Waals surface area contributed by atoms with Crippen molar-refractivity contribution in [2.24, 2.45) is 0 Å². The maximum atomic E-state index is 11.1. The Bertz CT molecular complexity index is 758. The van der Waals surface area contributed by atoms with Crippen LogP contribution in [-0.2, 0) is 0 Å². The molecule has 0 radical (unpaired) electrons. The van der Waals surface area contributed by atoms with E-state index in [1.165, 1.54) is 17.3 Å². The van der Waals surface area contributed by atoms with Crippen molar-refractivity contribution < 1.29 is 0 Å². The zero-order chi connectivity index (χ0) is 12.7. The summed E-state index contributed by atoms with van der Waals surface area (Å²) in [7, 11) is 0. The van der Waals surface area contributed by atoms with E-state index < -0.39 is 0 Å². The molecule has 3 aromatic heterocycles. The first-order valence-corrected chi connectivity index (χ1v) is 6.65. The number of thiophene rings is 1. The van der Waals surface area contributed by atoms with Gasteiger partial charge in [0.2, 0.25) is 0 Å². The third kappa shape index (κ3) is 1.85. The molecule has 0 bridgehead atoms. The van der Waals surface area contributed by atoms with Gasteiger partial charge in [-0.2, -0.15) is 12.6 Å². The number of H-pyrrole nitrogens is 2. The van der Waals surface area contributed by atoms with E-state index in [0.717, 1.165) is 15.9 Å². The van der Waals surface area contributed by atoms with Gasteiger partial charge in [-0.25, -0.2) is 9.97 Å². The van der Waals surface area contributed by atoms with Crippen molar-refractivity contribution in [2.45, 2.75) is 12.2 Å². The smallest absolute Gasteiger partial charge is 0.264 e. The Morgan fingerprint density at radius 1 is 1.33 bits per heavy atom. The number of fused-ring (bicyclic) bond motifs is 1. The molecule has 92 valence electrons. The molecule has 2 N–H and O–H groups in total. The van der Waals surface area contributed by atoms with Crippen molar-refractivity contribution >= 4 is 34.2 Å². The zero-order valence-corrected chi connectivity index (χ0v) is 11.2. The molecule has 7 heteroatoms. The topological polar surface area (TPSA) is 74.4 Å². The second-order valence-electron chi connectivity index (χ2n) is 3.95. The Morgan fingerprint density at radius 3 is 2.89 bits per heavy atom. The van der Waals surface area contributed by atoms with E-state index in [4.69, 9.17) is 0 Å². The van der Waals surface area contributed by atoms with Gasteiger partial charge in [-0.05, 0) is 13.0 Å². The standard InChI is InChI=1S/C11H10N4OS2/c1-5-2-6-9(12-4-13-11(6)18-5)10(17)7-3-8(16)15-14-7/h2-4,10,17H,1H3,(H2,14,15,16). The Morgan fingerprint density at radius 2 is 2.17 bits per heavy atom. The van der Waals surface area contributed by atoms with Gasteiger partial charge in [-0.3, -0.25) is 9.89 Å². The van der Waals surface area contributed by atoms with E-state index in [1.54, 1.807) is 11.3 Å². The largest absolute Gasteiger partial charge is 0.301 e. The third-order valence-corrected chi connectivity index (χ3v) is 4.13. The first-order valence-electron chi connectivity index (χ1n) is 5.32. The van der Waals surface area contributed by atoms with Crippen LogP contribution in [0.4, 0.5) is 0 Å². The van der Waals surface area contributed by atoms with Crippen LogP contribution in [0.25, 0.3) is 10.2 Å². The normalized spacial score (nSPS) is 13.0. The molecule has 18 heavy (non-hydrogen) atoms. The summed E-state index contributed by atoms with van der Waals surface area (Å²) in [6.45, 7) is 2.03. The molecule has 0 fully saturated rings. The van der Waals surface area contributed by atoms with Crippen molar-refractivity contribution in [3.63, 3.8) is 0 Å². The van der Waals surface area contributed by atoms with Crippen molar-refractivity contribution in [1.29, 1.82) is 0 Å². The molecule has 0 amide bonds. The summed E-state index contributed by atoms with van der Waals surface area (Å²) in [5.41, 5.74) is 1.34. The number of thiol groups is 1. The van der Waals surface area contributed by atoms with Gasteiger partial charge in [0.05, 0.1) is 16.6 Å². The van der Waals surface area contributed by atoms with Gasteiger partial charge in [-0.15, -0.1) is 11.3 Å². The van der Waals surface area contributed by atoms with Crippen molar-refractivity contribution in [3.8, 4) is 0 Å². The lowest BCUT2D eigenvalue weighted by atomic mass is 10.1. The number of nitrogens with zero attached hydrogens (tertiary/aromatic N) is 2. The maximum Gasteiger partial charge on any atom is 0.264 e. The monoisotopic (exact) mass is 278 g/mol. The second kappa shape index (κ2) is 4.25. The van der Waals surface area contributed by atoms with Crippen LogP contribution in [0.5, 0.6) is 0 Å². The first kappa shape index (κ1) is 11.5. The van der Waals surface area contributed by atoms with Gasteiger partial charge in [0.1, 0.15) is 11.2 Å². The van der Waals surface area contributed by atoms with Gasteiger partial charge in [-0.1, -0.05) is 0 Å². The lowest BCUT2D eigenvalue weighted by Gasteiger charge is -2.08. The van der Waals surface area contributed by atoms with Crippen LogP contribution in [0, 0.1) is 6.92 Å². The molecule has 1 unspecified atom stereocenters. The molecule has 5 nitrogen and oxygen atoms in total. The third-order valence-electron chi connectivity index (χ3n) is 2.65. The highest BCUT2D eigenvalue weighted by Gasteiger charge is 2.17. The summed E-state index contributed by atoms with van der Waals surface area (Å²) < 4.78 is 0. The van der Waals surface area contributed by atoms with E-state index in [9.17, 15) is 4.79 Å². The number of aromatic amines is 2. The predicted molar refractivity (Wildman–Crippen MR) is 74.4 cm³/mol. The number of aromatic nitrogens is 4. The summed E-state index contributed by atoms with van der Waals surface area (Å²) in [6.07, 6.45) is 1.53. The molecule has 0 aromatic carbocycles. The minimum absolute atomic E-state index is 0.171.